The Morgan fingerprint density at radius 1 is 0.977 bits per heavy atom. The average molecular weight is 586 g/mol. The maximum atomic E-state index is 13.6. The molecule has 12 heteroatoms. The Kier molecular flexibility index (Phi) is 9.16. The number of carboxylic acids is 1. The number of nitrogens with zero attached hydrogens (tertiary/aromatic N) is 2. The van der Waals surface area contributed by atoms with Crippen LogP contribution in [0.5, 0.6) is 0 Å². The number of hydrogen-bond donors (Lipinski definition) is 6. The molecule has 0 saturated carbocycles. The van der Waals surface area contributed by atoms with E-state index in [0.29, 0.717) is 31.5 Å². The number of para-hydroxylation sites is 1. The number of fused-ring (bicyclic) bond motifs is 1. The summed E-state index contributed by atoms with van der Waals surface area (Å²) in [5.74, 6) is -2.69. The number of likely N-dealkylation sites (tertiary alicyclic amines) is 1. The van der Waals surface area contributed by atoms with Crippen molar-refractivity contribution in [3.8, 4) is 0 Å². The minimum Gasteiger partial charge on any atom is -0.480 e. The highest BCUT2D eigenvalue weighted by molar-refractivity contribution is 5.95. The second-order valence-corrected chi connectivity index (χ2v) is 10.8. The van der Waals surface area contributed by atoms with Crippen LogP contribution in [0.15, 0.2) is 73.3 Å². The molecule has 0 aliphatic carbocycles. The summed E-state index contributed by atoms with van der Waals surface area (Å²) in [6, 6.07) is 12.7. The van der Waals surface area contributed by atoms with E-state index in [4.69, 9.17) is 5.73 Å². The topological polar surface area (TPSA) is 186 Å². The van der Waals surface area contributed by atoms with Crippen molar-refractivity contribution in [2.45, 2.75) is 56.3 Å². The van der Waals surface area contributed by atoms with Crippen molar-refractivity contribution in [2.75, 3.05) is 6.54 Å². The number of imidazole rings is 1. The molecular formula is C31H35N7O5. The molecule has 2 aromatic carbocycles. The number of carbonyl (C=O) groups excluding carboxylic acids is 3. The van der Waals surface area contributed by atoms with E-state index in [1.165, 1.54) is 17.4 Å². The van der Waals surface area contributed by atoms with Crippen molar-refractivity contribution in [2.24, 2.45) is 5.73 Å². The van der Waals surface area contributed by atoms with Crippen molar-refractivity contribution in [1.29, 1.82) is 0 Å². The lowest BCUT2D eigenvalue weighted by molar-refractivity contribution is -0.143. The van der Waals surface area contributed by atoms with Crippen LogP contribution in [-0.2, 0) is 38.4 Å². The Morgan fingerprint density at radius 2 is 1.74 bits per heavy atom. The van der Waals surface area contributed by atoms with Gasteiger partial charge >= 0.3 is 5.97 Å². The van der Waals surface area contributed by atoms with Gasteiger partial charge in [-0.05, 0) is 36.5 Å². The molecule has 1 fully saturated rings. The summed E-state index contributed by atoms with van der Waals surface area (Å²) in [5, 5.41) is 16.1. The minimum absolute atomic E-state index is 0.0516. The molecule has 4 atom stereocenters. The third-order valence-corrected chi connectivity index (χ3v) is 7.78. The highest BCUT2D eigenvalue weighted by Crippen LogP contribution is 2.22. The molecule has 0 bridgehead atoms. The summed E-state index contributed by atoms with van der Waals surface area (Å²) >= 11 is 0. The first-order valence-electron chi connectivity index (χ1n) is 14.3. The zero-order chi connectivity index (χ0) is 30.3. The van der Waals surface area contributed by atoms with Gasteiger partial charge in [-0.25, -0.2) is 9.78 Å². The molecular weight excluding hydrogens is 550 g/mol. The summed E-state index contributed by atoms with van der Waals surface area (Å²) in [6.45, 7) is 0.369. The Hall–Kier alpha value is -4.97. The fourth-order valence-corrected chi connectivity index (χ4v) is 5.56. The SMILES string of the molecule is NC(Cc1c[nH]c2ccccc12)C(=O)N1CCCC1C(=O)NC(Cc1cnc[nH]1)C(=O)NC(Cc1ccccc1)C(=O)O. The quantitative estimate of drug-likeness (QED) is 0.145. The number of nitrogens with one attached hydrogen (secondary N) is 4. The van der Waals surface area contributed by atoms with Gasteiger partial charge in [0.15, 0.2) is 0 Å². The van der Waals surface area contributed by atoms with Crippen LogP contribution >= 0.6 is 0 Å². The van der Waals surface area contributed by atoms with Crippen LogP contribution in [0.25, 0.3) is 10.9 Å². The van der Waals surface area contributed by atoms with Crippen LogP contribution < -0.4 is 16.4 Å². The molecule has 2 aromatic heterocycles. The van der Waals surface area contributed by atoms with Crippen molar-refractivity contribution in [3.63, 3.8) is 0 Å². The van der Waals surface area contributed by atoms with Gasteiger partial charge in [-0.1, -0.05) is 48.5 Å². The number of aliphatic carboxylic acids is 1. The number of benzene rings is 2. The number of aromatic nitrogens is 3. The third kappa shape index (κ3) is 7.09. The third-order valence-electron chi connectivity index (χ3n) is 7.78. The van der Waals surface area contributed by atoms with Gasteiger partial charge in [0.05, 0.1) is 12.4 Å². The number of rotatable bonds is 12. The maximum Gasteiger partial charge on any atom is 0.326 e. The summed E-state index contributed by atoms with van der Waals surface area (Å²) in [4.78, 5) is 64.0. The van der Waals surface area contributed by atoms with E-state index in [2.05, 4.69) is 25.6 Å². The Morgan fingerprint density at radius 3 is 2.49 bits per heavy atom. The number of carboxylic acid groups (broad SMARTS) is 1. The molecule has 7 N–H and O–H groups in total. The lowest BCUT2D eigenvalue weighted by Gasteiger charge is -2.28. The summed E-state index contributed by atoms with van der Waals surface area (Å²) in [6.07, 6.45) is 6.28. The summed E-state index contributed by atoms with van der Waals surface area (Å²) < 4.78 is 0. The van der Waals surface area contributed by atoms with Gasteiger partial charge in [0, 0.05) is 48.4 Å². The van der Waals surface area contributed by atoms with Gasteiger partial charge in [-0.3, -0.25) is 14.4 Å². The average Bonchev–Trinajstić information content (AvgIpc) is 3.78. The molecule has 1 saturated heterocycles. The second-order valence-electron chi connectivity index (χ2n) is 10.8. The molecule has 1 aliphatic heterocycles. The highest BCUT2D eigenvalue weighted by atomic mass is 16.4. The van der Waals surface area contributed by atoms with Gasteiger partial charge in [0.25, 0.3) is 0 Å². The lowest BCUT2D eigenvalue weighted by atomic mass is 10.0. The van der Waals surface area contributed by atoms with E-state index in [1.807, 2.05) is 36.5 Å². The Bertz CT molecular complexity index is 1570. The van der Waals surface area contributed by atoms with Crippen molar-refractivity contribution >= 4 is 34.6 Å². The largest absolute Gasteiger partial charge is 0.480 e. The van der Waals surface area contributed by atoms with Crippen LogP contribution in [0.2, 0.25) is 0 Å². The molecule has 5 rings (SSSR count). The molecule has 12 nitrogen and oxygen atoms in total. The molecule has 1 aliphatic rings. The van der Waals surface area contributed by atoms with Gasteiger partial charge < -0.3 is 36.3 Å². The van der Waals surface area contributed by atoms with Crippen molar-refractivity contribution in [3.05, 3.63) is 90.1 Å². The van der Waals surface area contributed by atoms with E-state index in [0.717, 1.165) is 22.0 Å². The number of H-pyrrole nitrogens is 2. The zero-order valence-electron chi connectivity index (χ0n) is 23.5. The molecule has 0 spiro atoms. The van der Waals surface area contributed by atoms with E-state index in [1.54, 1.807) is 24.3 Å². The fourth-order valence-electron chi connectivity index (χ4n) is 5.56. The molecule has 224 valence electrons. The smallest absolute Gasteiger partial charge is 0.326 e. The first-order chi connectivity index (χ1) is 20.8. The van der Waals surface area contributed by atoms with Gasteiger partial charge in [-0.2, -0.15) is 0 Å². The molecule has 43 heavy (non-hydrogen) atoms. The van der Waals surface area contributed by atoms with Crippen LogP contribution in [0.4, 0.5) is 0 Å². The number of hydrogen-bond acceptors (Lipinski definition) is 6. The number of nitrogens with two attached hydrogens (primary N) is 1. The molecule has 4 aromatic rings. The Labute approximate surface area is 248 Å². The molecule has 3 heterocycles. The lowest BCUT2D eigenvalue weighted by Crippen LogP contribution is -2.57. The molecule has 3 amide bonds. The zero-order valence-corrected chi connectivity index (χ0v) is 23.5. The number of aromatic amines is 2. The summed E-state index contributed by atoms with van der Waals surface area (Å²) in [5.41, 5.74) is 9.55. The summed E-state index contributed by atoms with van der Waals surface area (Å²) in [7, 11) is 0. The van der Waals surface area contributed by atoms with Crippen LogP contribution in [0.3, 0.4) is 0 Å². The molecule has 0 radical (unpaired) electrons. The number of amides is 3. The first kappa shape index (κ1) is 29.5. The fraction of sp³-hybridized carbons (Fsp3) is 0.323. The Balaban J connectivity index is 1.27. The van der Waals surface area contributed by atoms with E-state index < -0.39 is 42.0 Å². The monoisotopic (exact) mass is 585 g/mol. The first-order valence-corrected chi connectivity index (χ1v) is 14.3. The minimum atomic E-state index is -1.21. The predicted molar refractivity (Wildman–Crippen MR) is 159 cm³/mol. The van der Waals surface area contributed by atoms with E-state index in [-0.39, 0.29) is 18.7 Å². The standard InChI is InChI=1S/C31H35N7O5/c32-23(14-20-16-34-24-10-5-4-9-22(20)24)30(41)38-12-6-11-27(38)29(40)36-25(15-21-17-33-18-35-21)28(39)37-26(31(42)43)13-19-7-2-1-3-8-19/h1-5,7-10,16-18,23,25-27,34H,6,11-15,32H2,(H,33,35)(H,36,40)(H,37,39)(H,42,43). The van der Waals surface area contributed by atoms with E-state index in [9.17, 15) is 24.3 Å². The number of carbonyl (C=O) groups is 4. The molecule has 4 unspecified atom stereocenters. The van der Waals surface area contributed by atoms with E-state index >= 15 is 0 Å². The van der Waals surface area contributed by atoms with Crippen molar-refractivity contribution < 1.29 is 24.3 Å². The second kappa shape index (κ2) is 13.3. The highest BCUT2D eigenvalue weighted by Gasteiger charge is 2.38. The van der Waals surface area contributed by atoms with Gasteiger partial charge in [0.1, 0.15) is 18.1 Å². The van der Waals surface area contributed by atoms with Crippen LogP contribution in [0.1, 0.15) is 29.7 Å². The van der Waals surface area contributed by atoms with Gasteiger partial charge in [0.2, 0.25) is 17.7 Å². The van der Waals surface area contributed by atoms with Crippen LogP contribution in [-0.4, -0.2) is 79.4 Å². The van der Waals surface area contributed by atoms with Crippen LogP contribution in [0, 0.1) is 0 Å². The maximum absolute atomic E-state index is 13.6. The van der Waals surface area contributed by atoms with Gasteiger partial charge in [-0.15, -0.1) is 0 Å². The van der Waals surface area contributed by atoms with Crippen molar-refractivity contribution in [1.82, 2.24) is 30.5 Å². The predicted octanol–water partition coefficient (Wildman–Crippen LogP) is 1.29. The normalized spacial score (nSPS) is 16.9.